The van der Waals surface area contributed by atoms with Gasteiger partial charge < -0.3 is 9.80 Å². The van der Waals surface area contributed by atoms with E-state index >= 15 is 0 Å². The Morgan fingerprint density at radius 3 is 2.44 bits per heavy atom. The van der Waals surface area contributed by atoms with E-state index in [1.54, 1.807) is 4.90 Å². The molecule has 0 unspecified atom stereocenters. The Morgan fingerprint density at radius 2 is 1.78 bits per heavy atom. The first kappa shape index (κ1) is 17.4. The van der Waals surface area contributed by atoms with Crippen molar-refractivity contribution in [2.24, 2.45) is 0 Å². The molecule has 2 heterocycles. The van der Waals surface area contributed by atoms with Crippen molar-refractivity contribution in [1.82, 2.24) is 25.1 Å². The van der Waals surface area contributed by atoms with Gasteiger partial charge in [0.1, 0.15) is 12.1 Å². The molecule has 1 aliphatic heterocycles. The fourth-order valence-electron chi connectivity index (χ4n) is 3.14. The van der Waals surface area contributed by atoms with Gasteiger partial charge in [0.25, 0.3) is 5.91 Å². The highest BCUT2D eigenvalue weighted by molar-refractivity contribution is 6.30. The lowest BCUT2D eigenvalue weighted by Crippen LogP contribution is -2.49. The van der Waals surface area contributed by atoms with Crippen molar-refractivity contribution in [3.8, 4) is 5.69 Å². The van der Waals surface area contributed by atoms with E-state index in [9.17, 15) is 9.18 Å². The van der Waals surface area contributed by atoms with Crippen LogP contribution < -0.4 is 4.90 Å². The largest absolute Gasteiger partial charge is 0.368 e. The van der Waals surface area contributed by atoms with Gasteiger partial charge in [-0.05, 0) is 52.9 Å². The number of nitrogens with zero attached hydrogens (tertiary/aromatic N) is 6. The summed E-state index contributed by atoms with van der Waals surface area (Å²) >= 11 is 5.94. The van der Waals surface area contributed by atoms with E-state index in [1.165, 1.54) is 29.2 Å². The van der Waals surface area contributed by atoms with Crippen LogP contribution in [-0.4, -0.2) is 57.2 Å². The Bertz CT molecular complexity index is 939. The maximum absolute atomic E-state index is 13.8. The molecule has 1 amide bonds. The van der Waals surface area contributed by atoms with Gasteiger partial charge in [-0.25, -0.2) is 4.39 Å². The zero-order valence-electron chi connectivity index (χ0n) is 14.3. The van der Waals surface area contributed by atoms with Crippen molar-refractivity contribution >= 4 is 23.2 Å². The van der Waals surface area contributed by atoms with Crippen LogP contribution in [-0.2, 0) is 0 Å². The lowest BCUT2D eigenvalue weighted by Gasteiger charge is -2.36. The second-order valence-electron chi connectivity index (χ2n) is 6.17. The maximum Gasteiger partial charge on any atom is 0.256 e. The van der Waals surface area contributed by atoms with Crippen LogP contribution in [0.25, 0.3) is 5.69 Å². The first-order chi connectivity index (χ1) is 13.1. The fraction of sp³-hybridized carbons (Fsp3) is 0.222. The monoisotopic (exact) mass is 386 g/mol. The van der Waals surface area contributed by atoms with Crippen molar-refractivity contribution in [2.45, 2.75) is 0 Å². The van der Waals surface area contributed by atoms with E-state index in [4.69, 9.17) is 11.6 Å². The summed E-state index contributed by atoms with van der Waals surface area (Å²) in [5.74, 6) is -0.717. The Kier molecular flexibility index (Phi) is 4.72. The molecule has 1 aromatic heterocycles. The number of amides is 1. The van der Waals surface area contributed by atoms with Crippen molar-refractivity contribution in [2.75, 3.05) is 31.1 Å². The highest BCUT2D eigenvalue weighted by atomic mass is 35.5. The van der Waals surface area contributed by atoms with E-state index in [1.807, 2.05) is 24.3 Å². The molecule has 4 rings (SSSR count). The van der Waals surface area contributed by atoms with E-state index in [0.29, 0.717) is 36.9 Å². The van der Waals surface area contributed by atoms with E-state index in [0.717, 1.165) is 5.69 Å². The summed E-state index contributed by atoms with van der Waals surface area (Å²) in [6.07, 6.45) is 1.38. The third-order valence-corrected chi connectivity index (χ3v) is 4.80. The third-order valence-electron chi connectivity index (χ3n) is 4.54. The molecule has 9 heteroatoms. The van der Waals surface area contributed by atoms with Gasteiger partial charge in [-0.15, -0.1) is 5.10 Å². The number of benzene rings is 2. The van der Waals surface area contributed by atoms with Crippen LogP contribution in [0.2, 0.25) is 5.02 Å². The predicted molar refractivity (Wildman–Crippen MR) is 98.7 cm³/mol. The number of aromatic nitrogens is 4. The summed E-state index contributed by atoms with van der Waals surface area (Å²) < 4.78 is 15.1. The number of halogens is 2. The summed E-state index contributed by atoms with van der Waals surface area (Å²) in [6.45, 7) is 2.44. The normalized spacial score (nSPS) is 14.4. The van der Waals surface area contributed by atoms with Gasteiger partial charge >= 0.3 is 0 Å². The van der Waals surface area contributed by atoms with Crippen LogP contribution in [0.3, 0.4) is 0 Å². The van der Waals surface area contributed by atoms with Gasteiger partial charge in [-0.2, -0.15) is 4.68 Å². The van der Waals surface area contributed by atoms with Crippen LogP contribution in [0, 0.1) is 5.82 Å². The molecule has 3 aromatic rings. The molecule has 2 aromatic carbocycles. The number of tetrazole rings is 1. The summed E-state index contributed by atoms with van der Waals surface area (Å²) in [4.78, 5) is 16.9. The van der Waals surface area contributed by atoms with E-state index in [-0.39, 0.29) is 11.5 Å². The summed E-state index contributed by atoms with van der Waals surface area (Å²) in [5, 5.41) is 11.7. The highest BCUT2D eigenvalue weighted by Gasteiger charge is 2.25. The number of rotatable bonds is 3. The van der Waals surface area contributed by atoms with Crippen LogP contribution >= 0.6 is 11.6 Å². The minimum absolute atomic E-state index is 0.238. The van der Waals surface area contributed by atoms with Crippen LogP contribution in [0.1, 0.15) is 10.4 Å². The first-order valence-corrected chi connectivity index (χ1v) is 8.82. The van der Waals surface area contributed by atoms with Crippen LogP contribution in [0.4, 0.5) is 10.1 Å². The smallest absolute Gasteiger partial charge is 0.256 e. The zero-order chi connectivity index (χ0) is 18.8. The molecule has 0 aliphatic carbocycles. The molecule has 0 N–H and O–H groups in total. The fourth-order valence-corrected chi connectivity index (χ4v) is 3.27. The number of hydrogen-bond acceptors (Lipinski definition) is 5. The average Bonchev–Trinajstić information content (AvgIpc) is 3.23. The highest BCUT2D eigenvalue weighted by Crippen LogP contribution is 2.22. The molecule has 0 radical (unpaired) electrons. The molecule has 27 heavy (non-hydrogen) atoms. The number of anilines is 1. The quantitative estimate of drug-likeness (QED) is 0.691. The summed E-state index contributed by atoms with van der Waals surface area (Å²) in [6, 6.07) is 11.6. The third kappa shape index (κ3) is 3.61. The van der Waals surface area contributed by atoms with Crippen molar-refractivity contribution in [3.63, 3.8) is 0 Å². The number of hydrogen-bond donors (Lipinski definition) is 0. The van der Waals surface area contributed by atoms with Crippen molar-refractivity contribution in [1.29, 1.82) is 0 Å². The zero-order valence-corrected chi connectivity index (χ0v) is 15.1. The Hall–Kier alpha value is -3.00. The second-order valence-corrected chi connectivity index (χ2v) is 6.61. The van der Waals surface area contributed by atoms with E-state index in [2.05, 4.69) is 20.4 Å². The topological polar surface area (TPSA) is 67.2 Å². The summed E-state index contributed by atoms with van der Waals surface area (Å²) in [5.41, 5.74) is 1.75. The second kappa shape index (κ2) is 7.32. The molecule has 1 saturated heterocycles. The molecule has 138 valence electrons. The van der Waals surface area contributed by atoms with Gasteiger partial charge in [0.15, 0.2) is 0 Å². The molecule has 0 saturated carbocycles. The van der Waals surface area contributed by atoms with Gasteiger partial charge in [0.05, 0.1) is 11.3 Å². The number of carbonyl (C=O) groups is 1. The van der Waals surface area contributed by atoms with Gasteiger partial charge in [0.2, 0.25) is 0 Å². The lowest BCUT2D eigenvalue weighted by molar-refractivity contribution is 0.0746. The van der Waals surface area contributed by atoms with Gasteiger partial charge in [-0.1, -0.05) is 11.6 Å². The molecule has 0 bridgehead atoms. The Balaban J connectivity index is 1.52. The Labute approximate surface area is 159 Å². The standard InChI is InChI=1S/C18H16ClFN6O/c19-13-1-4-15(5-2-13)24-7-9-25(10-8-24)18(27)16-11-14(20)3-6-17(16)26-12-21-22-23-26/h1-6,11-12H,7-10H2. The number of carbonyl (C=O) groups excluding carboxylic acids is 1. The van der Waals surface area contributed by atoms with E-state index < -0.39 is 5.82 Å². The molecule has 1 fully saturated rings. The van der Waals surface area contributed by atoms with Gasteiger partial charge in [-0.3, -0.25) is 4.79 Å². The Morgan fingerprint density at radius 1 is 1.04 bits per heavy atom. The molecule has 1 aliphatic rings. The number of piperazine rings is 1. The minimum atomic E-state index is -0.477. The van der Waals surface area contributed by atoms with Crippen LogP contribution in [0.5, 0.6) is 0 Å². The average molecular weight is 387 g/mol. The first-order valence-electron chi connectivity index (χ1n) is 8.44. The summed E-state index contributed by atoms with van der Waals surface area (Å²) in [7, 11) is 0. The van der Waals surface area contributed by atoms with Crippen molar-refractivity contribution < 1.29 is 9.18 Å². The minimum Gasteiger partial charge on any atom is -0.368 e. The SMILES string of the molecule is O=C(c1cc(F)ccc1-n1cnnn1)N1CCN(c2ccc(Cl)cc2)CC1. The van der Waals surface area contributed by atoms with Crippen LogP contribution in [0.15, 0.2) is 48.8 Å². The lowest BCUT2D eigenvalue weighted by atomic mass is 10.1. The van der Waals surface area contributed by atoms with Gasteiger partial charge in [0, 0.05) is 36.9 Å². The molecule has 0 spiro atoms. The molecule has 7 nitrogen and oxygen atoms in total. The predicted octanol–water partition coefficient (Wildman–Crippen LogP) is 2.42. The van der Waals surface area contributed by atoms with Crippen molar-refractivity contribution in [3.05, 3.63) is 65.2 Å². The molecule has 0 atom stereocenters. The molecular formula is C18H16ClFN6O. The molecular weight excluding hydrogens is 371 g/mol. The maximum atomic E-state index is 13.8.